The van der Waals surface area contributed by atoms with Crippen LogP contribution in [0.15, 0.2) is 88.8 Å². The summed E-state index contributed by atoms with van der Waals surface area (Å²) in [6.45, 7) is 3.28. The molecule has 2 amide bonds. The van der Waals surface area contributed by atoms with Crippen molar-refractivity contribution in [2.45, 2.75) is 24.5 Å². The summed E-state index contributed by atoms with van der Waals surface area (Å²) < 4.78 is 6.81. The van der Waals surface area contributed by atoms with Crippen molar-refractivity contribution in [3.8, 4) is 5.75 Å². The average molecular weight is 572 g/mol. The van der Waals surface area contributed by atoms with Gasteiger partial charge in [0.15, 0.2) is 5.16 Å². The van der Waals surface area contributed by atoms with E-state index in [9.17, 15) is 14.4 Å². The number of carbonyl (C=O) groups is 2. The number of hydrogen-bond donors (Lipinski definition) is 1. The zero-order valence-electron chi connectivity index (χ0n) is 23.0. The van der Waals surface area contributed by atoms with E-state index in [1.54, 1.807) is 48.1 Å². The van der Waals surface area contributed by atoms with E-state index in [0.29, 0.717) is 60.0 Å². The van der Waals surface area contributed by atoms with Crippen molar-refractivity contribution in [2.75, 3.05) is 49.3 Å². The van der Waals surface area contributed by atoms with Crippen LogP contribution < -0.4 is 20.5 Å². The molecule has 1 saturated heterocycles. The molecule has 0 bridgehead atoms. The van der Waals surface area contributed by atoms with E-state index in [1.165, 1.54) is 17.4 Å². The fraction of sp³-hybridized carbons (Fsp3) is 0.290. The Bertz CT molecular complexity index is 1570. The first-order valence-electron chi connectivity index (χ1n) is 13.7. The van der Waals surface area contributed by atoms with Crippen LogP contribution in [0, 0.1) is 0 Å². The zero-order valence-corrected chi connectivity index (χ0v) is 23.8. The quantitative estimate of drug-likeness (QED) is 0.224. The minimum absolute atomic E-state index is 0.0760. The van der Waals surface area contributed by atoms with Crippen molar-refractivity contribution < 1.29 is 14.3 Å². The van der Waals surface area contributed by atoms with Crippen molar-refractivity contribution >= 4 is 45.9 Å². The van der Waals surface area contributed by atoms with Crippen LogP contribution >= 0.6 is 11.8 Å². The molecule has 1 aliphatic rings. The minimum atomic E-state index is -0.220. The standard InChI is InChI=1S/C31H33N5O4S/c1-40-25-12-7-9-23(21-25)32-28(37)22-41-31-33-27-14-6-5-13-26(27)30(39)36(31)16-8-15-29(38)35-19-17-34(18-20-35)24-10-3-2-4-11-24/h2-7,9-14,21H,8,15-20,22H2,1H3,(H,32,37). The fourth-order valence-corrected chi connectivity index (χ4v) is 5.71. The number of para-hydroxylation sites is 2. The monoisotopic (exact) mass is 571 g/mol. The second kappa shape index (κ2) is 13.4. The molecule has 0 radical (unpaired) electrons. The number of thioether (sulfide) groups is 1. The van der Waals surface area contributed by atoms with Gasteiger partial charge in [-0.05, 0) is 42.8 Å². The van der Waals surface area contributed by atoms with E-state index in [4.69, 9.17) is 9.72 Å². The molecule has 1 aromatic heterocycles. The first kappa shape index (κ1) is 28.2. The van der Waals surface area contributed by atoms with Gasteiger partial charge in [0.1, 0.15) is 5.75 Å². The zero-order chi connectivity index (χ0) is 28.6. The Morgan fingerprint density at radius 2 is 1.71 bits per heavy atom. The van der Waals surface area contributed by atoms with Gasteiger partial charge in [0.05, 0.1) is 23.8 Å². The lowest BCUT2D eigenvalue weighted by molar-refractivity contribution is -0.131. The minimum Gasteiger partial charge on any atom is -0.497 e. The van der Waals surface area contributed by atoms with Crippen LogP contribution in [0.4, 0.5) is 11.4 Å². The van der Waals surface area contributed by atoms with Gasteiger partial charge < -0.3 is 19.9 Å². The van der Waals surface area contributed by atoms with Gasteiger partial charge in [0.25, 0.3) is 5.56 Å². The second-order valence-electron chi connectivity index (χ2n) is 9.74. The number of nitrogens with one attached hydrogen (secondary N) is 1. The summed E-state index contributed by atoms with van der Waals surface area (Å²) in [5.74, 6) is 0.591. The number of fused-ring (bicyclic) bond motifs is 1. The molecular formula is C31H33N5O4S. The van der Waals surface area contributed by atoms with Gasteiger partial charge in [-0.3, -0.25) is 19.0 Å². The number of aromatic nitrogens is 2. The molecule has 3 aromatic carbocycles. The van der Waals surface area contributed by atoms with Crippen LogP contribution in [-0.2, 0) is 16.1 Å². The van der Waals surface area contributed by atoms with Crippen molar-refractivity contribution in [1.82, 2.24) is 14.5 Å². The van der Waals surface area contributed by atoms with Gasteiger partial charge in [0.2, 0.25) is 11.8 Å². The summed E-state index contributed by atoms with van der Waals surface area (Å²) >= 11 is 1.21. The molecule has 212 valence electrons. The summed E-state index contributed by atoms with van der Waals surface area (Å²) in [5.41, 5.74) is 2.21. The number of nitrogens with zero attached hydrogens (tertiary/aromatic N) is 4. The van der Waals surface area contributed by atoms with Gasteiger partial charge in [0, 0.05) is 56.6 Å². The number of hydrogen-bond acceptors (Lipinski definition) is 7. The van der Waals surface area contributed by atoms with E-state index in [2.05, 4.69) is 22.3 Å². The van der Waals surface area contributed by atoms with Crippen LogP contribution in [0.25, 0.3) is 10.9 Å². The third-order valence-corrected chi connectivity index (χ3v) is 8.01. The maximum absolute atomic E-state index is 13.4. The van der Waals surface area contributed by atoms with Crippen molar-refractivity contribution in [3.05, 3.63) is 89.2 Å². The van der Waals surface area contributed by atoms with Crippen molar-refractivity contribution in [2.24, 2.45) is 0 Å². The number of rotatable bonds is 10. The van der Waals surface area contributed by atoms with E-state index >= 15 is 0 Å². The van der Waals surface area contributed by atoms with Crippen LogP contribution in [0.2, 0.25) is 0 Å². The van der Waals surface area contributed by atoms with Gasteiger partial charge in [-0.25, -0.2) is 4.98 Å². The van der Waals surface area contributed by atoms with Crippen molar-refractivity contribution in [1.29, 1.82) is 0 Å². The Hall–Kier alpha value is -4.31. The molecule has 0 spiro atoms. The topological polar surface area (TPSA) is 96.8 Å². The lowest BCUT2D eigenvalue weighted by Gasteiger charge is -2.36. The summed E-state index contributed by atoms with van der Waals surface area (Å²) in [6.07, 6.45) is 0.840. The smallest absolute Gasteiger partial charge is 0.262 e. The average Bonchev–Trinajstić information content (AvgIpc) is 3.01. The molecule has 41 heavy (non-hydrogen) atoms. The molecule has 9 nitrogen and oxygen atoms in total. The molecule has 0 unspecified atom stereocenters. The van der Waals surface area contributed by atoms with Crippen LogP contribution in [0.5, 0.6) is 5.75 Å². The summed E-state index contributed by atoms with van der Waals surface area (Å²) in [7, 11) is 1.57. The Morgan fingerprint density at radius 1 is 0.951 bits per heavy atom. The molecule has 4 aromatic rings. The Kier molecular flexibility index (Phi) is 9.20. The van der Waals surface area contributed by atoms with E-state index < -0.39 is 0 Å². The highest BCUT2D eigenvalue weighted by Gasteiger charge is 2.21. The molecule has 0 saturated carbocycles. The van der Waals surface area contributed by atoms with Crippen LogP contribution in [0.3, 0.4) is 0 Å². The SMILES string of the molecule is COc1cccc(NC(=O)CSc2nc3ccccc3c(=O)n2CCCC(=O)N2CCN(c3ccccc3)CC2)c1. The maximum Gasteiger partial charge on any atom is 0.262 e. The highest BCUT2D eigenvalue weighted by molar-refractivity contribution is 7.99. The lowest BCUT2D eigenvalue weighted by Crippen LogP contribution is -2.48. The Labute approximate surface area is 243 Å². The molecule has 5 rings (SSSR count). The largest absolute Gasteiger partial charge is 0.497 e. The van der Waals surface area contributed by atoms with E-state index in [0.717, 1.165) is 13.1 Å². The van der Waals surface area contributed by atoms with Crippen molar-refractivity contribution in [3.63, 3.8) is 0 Å². The third-order valence-electron chi connectivity index (χ3n) is 7.04. The van der Waals surface area contributed by atoms with Gasteiger partial charge in [-0.15, -0.1) is 0 Å². The maximum atomic E-state index is 13.4. The fourth-order valence-electron chi connectivity index (χ4n) is 4.88. The molecule has 2 heterocycles. The van der Waals surface area contributed by atoms with Gasteiger partial charge >= 0.3 is 0 Å². The molecule has 1 aliphatic heterocycles. The predicted octanol–water partition coefficient (Wildman–Crippen LogP) is 4.26. The number of amides is 2. The number of piperazine rings is 1. The normalized spacial score (nSPS) is 13.3. The van der Waals surface area contributed by atoms with Crippen LogP contribution in [0.1, 0.15) is 12.8 Å². The Morgan fingerprint density at radius 3 is 2.49 bits per heavy atom. The molecule has 10 heteroatoms. The molecule has 0 aliphatic carbocycles. The summed E-state index contributed by atoms with van der Waals surface area (Å²) in [4.78, 5) is 48.0. The Balaban J connectivity index is 1.21. The molecule has 0 atom stereocenters. The number of carbonyl (C=O) groups excluding carboxylic acids is 2. The first-order valence-corrected chi connectivity index (χ1v) is 14.6. The molecule has 1 N–H and O–H groups in total. The van der Waals surface area contributed by atoms with Gasteiger partial charge in [-0.2, -0.15) is 0 Å². The van der Waals surface area contributed by atoms with E-state index in [1.807, 2.05) is 35.2 Å². The number of anilines is 2. The summed E-state index contributed by atoms with van der Waals surface area (Å²) in [5, 5.41) is 3.83. The van der Waals surface area contributed by atoms with Crippen LogP contribution in [-0.4, -0.2) is 65.3 Å². The van der Waals surface area contributed by atoms with E-state index in [-0.39, 0.29) is 23.1 Å². The molecule has 1 fully saturated rings. The summed E-state index contributed by atoms with van der Waals surface area (Å²) in [6, 6.07) is 24.5. The van der Waals surface area contributed by atoms with Gasteiger partial charge in [-0.1, -0.05) is 48.2 Å². The number of benzene rings is 3. The second-order valence-corrected chi connectivity index (χ2v) is 10.7. The lowest BCUT2D eigenvalue weighted by atomic mass is 10.2. The first-order chi connectivity index (χ1) is 20.0. The highest BCUT2D eigenvalue weighted by Crippen LogP contribution is 2.21. The number of ether oxygens (including phenoxy) is 1. The number of methoxy groups -OCH3 is 1. The predicted molar refractivity (Wildman–Crippen MR) is 163 cm³/mol. The third kappa shape index (κ3) is 7.07. The highest BCUT2D eigenvalue weighted by atomic mass is 32.2. The molecular weight excluding hydrogens is 538 g/mol.